The lowest BCUT2D eigenvalue weighted by atomic mass is 10.5. The second kappa shape index (κ2) is 4.09. The maximum absolute atomic E-state index is 10.6. The van der Waals surface area contributed by atoms with Crippen LogP contribution in [0.4, 0.5) is 0 Å². The first-order valence-corrected chi connectivity index (χ1v) is 2.77. The number of rotatable bonds is 2. The Labute approximate surface area is 55.3 Å². The predicted molar refractivity (Wildman–Crippen MR) is 36.6 cm³/mol. The minimum Gasteiger partial charge on any atom is -0.286 e. The topological polar surface area (TPSA) is 32.3 Å². The van der Waals surface area contributed by atoms with Crippen LogP contribution in [0.1, 0.15) is 6.92 Å². The van der Waals surface area contributed by atoms with Gasteiger partial charge in [0.1, 0.15) is 0 Å². The van der Waals surface area contributed by atoms with Gasteiger partial charge in [0.25, 0.3) is 5.91 Å². The molecule has 0 unspecified atom stereocenters. The van der Waals surface area contributed by atoms with Crippen LogP contribution < -0.4 is 5.43 Å². The molecule has 0 rings (SSSR count). The van der Waals surface area contributed by atoms with Crippen LogP contribution in [0.2, 0.25) is 0 Å². The van der Waals surface area contributed by atoms with Gasteiger partial charge in [0, 0.05) is 14.1 Å². The number of hydrogen-bond donors (Lipinski definition) is 1. The van der Waals surface area contributed by atoms with Crippen LogP contribution in [0.3, 0.4) is 0 Å². The number of hydrazine groups is 1. The Hall–Kier alpha value is -0.830. The number of allylic oxidation sites excluding steroid dienone is 1. The molecule has 0 aromatic heterocycles. The summed E-state index contributed by atoms with van der Waals surface area (Å²) in [4.78, 5) is 10.6. The van der Waals surface area contributed by atoms with Gasteiger partial charge in [-0.2, -0.15) is 0 Å². The fraction of sp³-hybridized carbons (Fsp3) is 0.500. The van der Waals surface area contributed by atoms with Gasteiger partial charge in [0.2, 0.25) is 0 Å². The highest BCUT2D eigenvalue weighted by atomic mass is 16.2. The molecule has 0 atom stereocenters. The third-order valence-electron chi connectivity index (χ3n) is 0.652. The zero-order chi connectivity index (χ0) is 7.28. The minimum absolute atomic E-state index is 0.0949. The van der Waals surface area contributed by atoms with Crippen molar-refractivity contribution in [2.75, 3.05) is 14.1 Å². The van der Waals surface area contributed by atoms with Crippen molar-refractivity contribution in [3.05, 3.63) is 12.2 Å². The molecule has 1 N–H and O–H groups in total. The van der Waals surface area contributed by atoms with E-state index in [-0.39, 0.29) is 5.91 Å². The van der Waals surface area contributed by atoms with Crippen molar-refractivity contribution < 1.29 is 4.79 Å². The summed E-state index contributed by atoms with van der Waals surface area (Å²) >= 11 is 0. The van der Waals surface area contributed by atoms with E-state index in [9.17, 15) is 4.79 Å². The fourth-order valence-corrected chi connectivity index (χ4v) is 0.409. The quantitative estimate of drug-likeness (QED) is 0.424. The molecule has 0 saturated heterocycles. The lowest BCUT2D eigenvalue weighted by Crippen LogP contribution is -2.34. The second-order valence-electron chi connectivity index (χ2n) is 1.87. The maximum atomic E-state index is 10.6. The molecule has 0 saturated carbocycles. The van der Waals surface area contributed by atoms with Gasteiger partial charge >= 0.3 is 0 Å². The Morgan fingerprint density at radius 1 is 1.56 bits per heavy atom. The van der Waals surface area contributed by atoms with Crippen molar-refractivity contribution in [3.8, 4) is 0 Å². The standard InChI is InChI=1S/C6H12N2O/c1-4-5-6(9)7-8(2)3/h4-5H,1-3H3,(H,7,9)/b5-4+. The fourth-order valence-electron chi connectivity index (χ4n) is 0.409. The normalized spacial score (nSPS) is 10.7. The van der Waals surface area contributed by atoms with Crippen LogP contribution in [0.5, 0.6) is 0 Å². The molecular weight excluding hydrogens is 116 g/mol. The molecule has 0 spiro atoms. The largest absolute Gasteiger partial charge is 0.286 e. The minimum atomic E-state index is -0.0949. The van der Waals surface area contributed by atoms with Crippen LogP contribution in [0.15, 0.2) is 12.2 Å². The molecule has 0 aliphatic carbocycles. The Balaban J connectivity index is 3.51. The van der Waals surface area contributed by atoms with Crippen LogP contribution in [-0.4, -0.2) is 25.0 Å². The van der Waals surface area contributed by atoms with Gasteiger partial charge in [0.15, 0.2) is 0 Å². The van der Waals surface area contributed by atoms with E-state index in [1.807, 2.05) is 0 Å². The molecule has 3 heteroatoms. The van der Waals surface area contributed by atoms with Gasteiger partial charge in [-0.25, -0.2) is 5.01 Å². The van der Waals surface area contributed by atoms with E-state index in [0.29, 0.717) is 0 Å². The molecule has 0 aromatic carbocycles. The summed E-state index contributed by atoms with van der Waals surface area (Å²) < 4.78 is 0. The molecule has 0 fully saturated rings. The number of amides is 1. The smallest absolute Gasteiger partial charge is 0.257 e. The van der Waals surface area contributed by atoms with Crippen LogP contribution in [0.25, 0.3) is 0 Å². The molecule has 52 valence electrons. The zero-order valence-corrected chi connectivity index (χ0v) is 6.01. The molecule has 0 aromatic rings. The Morgan fingerprint density at radius 3 is 2.44 bits per heavy atom. The molecule has 0 radical (unpaired) electrons. The van der Waals surface area contributed by atoms with Crippen LogP contribution in [0, 0.1) is 0 Å². The highest BCUT2D eigenvalue weighted by Crippen LogP contribution is 1.71. The van der Waals surface area contributed by atoms with Crippen molar-refractivity contribution in [1.82, 2.24) is 10.4 Å². The summed E-state index contributed by atoms with van der Waals surface area (Å²) in [6, 6.07) is 0. The molecule has 1 amide bonds. The summed E-state index contributed by atoms with van der Waals surface area (Å²) in [6.07, 6.45) is 3.17. The van der Waals surface area contributed by atoms with Crippen molar-refractivity contribution >= 4 is 5.91 Å². The van der Waals surface area contributed by atoms with Gasteiger partial charge in [-0.05, 0) is 13.0 Å². The lowest BCUT2D eigenvalue weighted by molar-refractivity contribution is -0.120. The van der Waals surface area contributed by atoms with Gasteiger partial charge in [-0.15, -0.1) is 0 Å². The van der Waals surface area contributed by atoms with Gasteiger partial charge < -0.3 is 0 Å². The van der Waals surface area contributed by atoms with Gasteiger partial charge in [0.05, 0.1) is 0 Å². The van der Waals surface area contributed by atoms with Crippen molar-refractivity contribution in [2.45, 2.75) is 6.92 Å². The van der Waals surface area contributed by atoms with E-state index in [1.165, 1.54) is 6.08 Å². The Kier molecular flexibility index (Phi) is 3.71. The van der Waals surface area contributed by atoms with Crippen LogP contribution >= 0.6 is 0 Å². The molecule has 0 bridgehead atoms. The molecule has 9 heavy (non-hydrogen) atoms. The average Bonchev–Trinajstić information content (AvgIpc) is 1.63. The monoisotopic (exact) mass is 128 g/mol. The number of nitrogens with one attached hydrogen (secondary N) is 1. The number of nitrogens with zero attached hydrogens (tertiary/aromatic N) is 1. The van der Waals surface area contributed by atoms with Crippen molar-refractivity contribution in [3.63, 3.8) is 0 Å². The van der Waals surface area contributed by atoms with E-state index in [0.717, 1.165) is 0 Å². The highest BCUT2D eigenvalue weighted by Gasteiger charge is 1.91. The predicted octanol–water partition coefficient (Wildman–Crippen LogP) is 0.155. The van der Waals surface area contributed by atoms with E-state index < -0.39 is 0 Å². The number of carbonyl (C=O) groups excluding carboxylic acids is 1. The molecule has 3 nitrogen and oxygen atoms in total. The first-order chi connectivity index (χ1) is 4.16. The Morgan fingerprint density at radius 2 is 2.11 bits per heavy atom. The summed E-state index contributed by atoms with van der Waals surface area (Å²) in [5.74, 6) is -0.0949. The molecular formula is C6H12N2O. The molecule has 0 aliphatic rings. The second-order valence-corrected chi connectivity index (χ2v) is 1.87. The first-order valence-electron chi connectivity index (χ1n) is 2.77. The van der Waals surface area contributed by atoms with E-state index in [2.05, 4.69) is 5.43 Å². The average molecular weight is 128 g/mol. The number of hydrogen-bond acceptors (Lipinski definition) is 2. The first kappa shape index (κ1) is 8.17. The van der Waals surface area contributed by atoms with E-state index >= 15 is 0 Å². The molecule has 0 aliphatic heterocycles. The maximum Gasteiger partial charge on any atom is 0.257 e. The van der Waals surface area contributed by atoms with Crippen molar-refractivity contribution in [1.29, 1.82) is 0 Å². The lowest BCUT2D eigenvalue weighted by Gasteiger charge is -2.08. The van der Waals surface area contributed by atoms with Gasteiger partial charge in [-0.3, -0.25) is 10.2 Å². The summed E-state index contributed by atoms with van der Waals surface area (Å²) in [7, 11) is 3.53. The molecule has 0 heterocycles. The van der Waals surface area contributed by atoms with E-state index in [1.54, 1.807) is 32.1 Å². The summed E-state index contributed by atoms with van der Waals surface area (Å²) in [5, 5.41) is 1.60. The Bertz CT molecular complexity index is 118. The SMILES string of the molecule is C/C=C/C(=O)NN(C)C. The third kappa shape index (κ3) is 5.03. The summed E-state index contributed by atoms with van der Waals surface area (Å²) in [5.41, 5.74) is 2.55. The highest BCUT2D eigenvalue weighted by molar-refractivity contribution is 5.86. The third-order valence-corrected chi connectivity index (χ3v) is 0.652. The van der Waals surface area contributed by atoms with Gasteiger partial charge in [-0.1, -0.05) is 6.08 Å². The summed E-state index contributed by atoms with van der Waals surface area (Å²) in [6.45, 7) is 1.80. The van der Waals surface area contributed by atoms with Crippen molar-refractivity contribution in [2.24, 2.45) is 0 Å². The zero-order valence-electron chi connectivity index (χ0n) is 6.01. The van der Waals surface area contributed by atoms with E-state index in [4.69, 9.17) is 0 Å². The van der Waals surface area contributed by atoms with Crippen LogP contribution in [-0.2, 0) is 4.79 Å². The number of carbonyl (C=O) groups is 1.